The van der Waals surface area contributed by atoms with Gasteiger partial charge in [0.15, 0.2) is 0 Å². The Balaban J connectivity index is 1.84. The lowest BCUT2D eigenvalue weighted by molar-refractivity contribution is 0.0871. The maximum atomic E-state index is 15.1. The molecule has 40 heavy (non-hydrogen) atoms. The molecule has 3 aromatic rings. The Morgan fingerprint density at radius 1 is 0.900 bits per heavy atom. The van der Waals surface area contributed by atoms with E-state index in [0.29, 0.717) is 40.5 Å². The van der Waals surface area contributed by atoms with E-state index in [9.17, 15) is 4.39 Å². The number of rotatable bonds is 11. The van der Waals surface area contributed by atoms with Gasteiger partial charge in [0.25, 0.3) is 6.02 Å². The zero-order valence-corrected chi connectivity index (χ0v) is 25.1. The molecule has 7 nitrogen and oxygen atoms in total. The molecule has 0 unspecified atom stereocenters. The number of nitrogens with zero attached hydrogens (tertiary/aromatic N) is 2. The first-order chi connectivity index (χ1) is 19.4. The van der Waals surface area contributed by atoms with Crippen molar-refractivity contribution >= 4 is 28.6 Å². The molecule has 0 aromatic heterocycles. The minimum absolute atomic E-state index is 0.206. The molecule has 0 fully saturated rings. The van der Waals surface area contributed by atoms with Crippen molar-refractivity contribution in [3.05, 3.63) is 83.2 Å². The Morgan fingerprint density at radius 2 is 1.48 bits per heavy atom. The third kappa shape index (κ3) is 6.37. The summed E-state index contributed by atoms with van der Waals surface area (Å²) in [7, 11) is 6.35. The highest BCUT2D eigenvalue weighted by molar-refractivity contribution is 14.1. The van der Waals surface area contributed by atoms with Gasteiger partial charge in [-0.05, 0) is 30.3 Å². The van der Waals surface area contributed by atoms with Crippen molar-refractivity contribution in [1.29, 1.82) is 0 Å². The van der Waals surface area contributed by atoms with E-state index in [-0.39, 0.29) is 24.1 Å². The normalized spacial score (nSPS) is 18.4. The second kappa shape index (κ2) is 13.4. The molecular weight excluding hydrogens is 633 g/mol. The van der Waals surface area contributed by atoms with Crippen LogP contribution < -0.4 is 18.9 Å². The number of alkyl halides is 2. The average molecular weight is 667 g/mol. The van der Waals surface area contributed by atoms with Gasteiger partial charge in [-0.2, -0.15) is 0 Å². The van der Waals surface area contributed by atoms with Crippen LogP contribution in [0.4, 0.5) is 8.78 Å². The Kier molecular flexibility index (Phi) is 9.94. The van der Waals surface area contributed by atoms with Crippen molar-refractivity contribution < 1.29 is 32.5 Å². The first-order valence-electron chi connectivity index (χ1n) is 12.7. The number of hydrogen-bond acceptors (Lipinski definition) is 7. The van der Waals surface area contributed by atoms with Crippen LogP contribution in [0.5, 0.6) is 23.0 Å². The second-order valence-electron chi connectivity index (χ2n) is 9.35. The maximum Gasteiger partial charge on any atom is 0.289 e. The highest BCUT2D eigenvalue weighted by Gasteiger charge is 2.43. The van der Waals surface area contributed by atoms with Gasteiger partial charge in [-0.25, -0.2) is 13.8 Å². The Labute approximate surface area is 247 Å². The monoisotopic (exact) mass is 666 g/mol. The molecule has 1 aliphatic rings. The zero-order chi connectivity index (χ0) is 28.7. The lowest BCUT2D eigenvalue weighted by atomic mass is 9.85. The molecular formula is C30H33F2IN2O5. The fourth-order valence-electron chi connectivity index (χ4n) is 4.79. The Bertz CT molecular complexity index is 1280. The summed E-state index contributed by atoms with van der Waals surface area (Å²) >= 11 is 2.20. The van der Waals surface area contributed by atoms with Gasteiger partial charge in [0, 0.05) is 39.7 Å². The standard InChI is InChI=1S/C30H33F2IN2O5/c1-36-22-11-9-20(27(13-22)38-3)17-35(18-21-10-12-23(37-2)14-28(21)39-4)29-34-30(19-31,15-24(16-33)40-29)25-7-5-6-8-26(25)32/h5-14,24H,15-19H2,1-4H3/t24-,30+/m0/s1. The molecule has 0 bridgehead atoms. The van der Waals surface area contributed by atoms with Crippen LogP contribution in [0, 0.1) is 5.82 Å². The largest absolute Gasteiger partial charge is 0.497 e. The van der Waals surface area contributed by atoms with Gasteiger partial charge >= 0.3 is 0 Å². The summed E-state index contributed by atoms with van der Waals surface area (Å²) in [5.41, 5.74) is 0.434. The summed E-state index contributed by atoms with van der Waals surface area (Å²) in [6, 6.07) is 17.5. The third-order valence-electron chi connectivity index (χ3n) is 6.90. The SMILES string of the molecule is COc1ccc(CN(Cc2ccc(OC)cc2OC)C2=N[C@](CF)(c3ccccc3F)C[C@@H](CI)O2)c(OC)c1. The fourth-order valence-corrected chi connectivity index (χ4v) is 5.28. The summed E-state index contributed by atoms with van der Waals surface area (Å²) in [6.45, 7) is -0.275. The number of benzene rings is 3. The number of amidine groups is 1. The summed E-state index contributed by atoms with van der Waals surface area (Å²) in [6.07, 6.45) is -0.177. The number of ether oxygens (including phenoxy) is 5. The highest BCUT2D eigenvalue weighted by Crippen LogP contribution is 2.39. The van der Waals surface area contributed by atoms with Crippen molar-refractivity contribution in [3.63, 3.8) is 0 Å². The molecule has 0 saturated carbocycles. The Morgan fingerprint density at radius 3 is 1.95 bits per heavy atom. The predicted octanol–water partition coefficient (Wildman–Crippen LogP) is 6.31. The van der Waals surface area contributed by atoms with Gasteiger partial charge in [-0.15, -0.1) is 0 Å². The minimum atomic E-state index is -1.43. The lowest BCUT2D eigenvalue weighted by Crippen LogP contribution is -2.46. The molecule has 0 saturated heterocycles. The van der Waals surface area contributed by atoms with E-state index < -0.39 is 18.0 Å². The highest BCUT2D eigenvalue weighted by atomic mass is 127. The van der Waals surface area contributed by atoms with Crippen LogP contribution in [-0.4, -0.2) is 56.6 Å². The second-order valence-corrected chi connectivity index (χ2v) is 10.2. The van der Waals surface area contributed by atoms with Crippen LogP contribution >= 0.6 is 22.6 Å². The van der Waals surface area contributed by atoms with Crippen LogP contribution in [0.2, 0.25) is 0 Å². The quantitative estimate of drug-likeness (QED) is 0.177. The van der Waals surface area contributed by atoms with E-state index >= 15 is 4.39 Å². The lowest BCUT2D eigenvalue weighted by Gasteiger charge is -2.39. The van der Waals surface area contributed by atoms with Gasteiger partial charge in [0.05, 0.1) is 41.5 Å². The molecule has 0 N–H and O–H groups in total. The van der Waals surface area contributed by atoms with Crippen LogP contribution in [-0.2, 0) is 23.4 Å². The van der Waals surface area contributed by atoms with Gasteiger partial charge in [-0.1, -0.05) is 40.8 Å². The van der Waals surface area contributed by atoms with Gasteiger partial charge in [0.1, 0.15) is 47.1 Å². The molecule has 1 aliphatic heterocycles. The molecule has 10 heteroatoms. The van der Waals surface area contributed by atoms with Crippen molar-refractivity contribution in [1.82, 2.24) is 4.90 Å². The van der Waals surface area contributed by atoms with Crippen molar-refractivity contribution in [3.8, 4) is 23.0 Å². The minimum Gasteiger partial charge on any atom is -0.497 e. The van der Waals surface area contributed by atoms with Crippen LogP contribution in [0.15, 0.2) is 65.7 Å². The van der Waals surface area contributed by atoms with Crippen molar-refractivity contribution in [2.45, 2.75) is 31.2 Å². The van der Waals surface area contributed by atoms with Gasteiger partial charge < -0.3 is 28.6 Å². The molecule has 0 amide bonds. The van der Waals surface area contributed by atoms with Gasteiger partial charge in [-0.3, -0.25) is 0 Å². The molecule has 4 rings (SSSR count). The Hall–Kier alpha value is -3.28. The van der Waals surface area contributed by atoms with Crippen LogP contribution in [0.3, 0.4) is 0 Å². The molecule has 0 radical (unpaired) electrons. The summed E-state index contributed by atoms with van der Waals surface area (Å²) in [4.78, 5) is 6.69. The van der Waals surface area contributed by atoms with Crippen LogP contribution in [0.25, 0.3) is 0 Å². The first kappa shape index (κ1) is 29.7. The topological polar surface area (TPSA) is 61.8 Å². The molecule has 214 valence electrons. The summed E-state index contributed by atoms with van der Waals surface area (Å²) in [5, 5.41) is 0. The van der Waals surface area contributed by atoms with Crippen molar-refractivity contribution in [2.75, 3.05) is 39.5 Å². The molecule has 0 aliphatic carbocycles. The average Bonchev–Trinajstić information content (AvgIpc) is 3.00. The summed E-state index contributed by atoms with van der Waals surface area (Å²) in [5.74, 6) is 2.02. The van der Waals surface area contributed by atoms with Gasteiger partial charge in [0.2, 0.25) is 0 Å². The number of aliphatic imine (C=N–C) groups is 1. The fraction of sp³-hybridized carbons (Fsp3) is 0.367. The number of methoxy groups -OCH3 is 4. The smallest absolute Gasteiger partial charge is 0.289 e. The summed E-state index contributed by atoms with van der Waals surface area (Å²) < 4.78 is 59.0. The molecule has 0 spiro atoms. The van der Waals surface area contributed by atoms with E-state index in [1.807, 2.05) is 29.2 Å². The van der Waals surface area contributed by atoms with E-state index in [0.717, 1.165) is 11.1 Å². The molecule has 1 heterocycles. The third-order valence-corrected chi connectivity index (χ3v) is 7.88. The number of hydrogen-bond donors (Lipinski definition) is 0. The molecule has 2 atom stereocenters. The van der Waals surface area contributed by atoms with E-state index in [1.165, 1.54) is 6.07 Å². The zero-order valence-electron chi connectivity index (χ0n) is 23.0. The first-order valence-corrected chi connectivity index (χ1v) is 14.2. The molecule has 3 aromatic carbocycles. The van der Waals surface area contributed by atoms with Crippen molar-refractivity contribution in [2.24, 2.45) is 4.99 Å². The maximum absolute atomic E-state index is 15.1. The van der Waals surface area contributed by atoms with E-state index in [4.69, 9.17) is 28.7 Å². The van der Waals surface area contributed by atoms with Crippen LogP contribution in [0.1, 0.15) is 23.1 Å². The number of halogens is 3. The predicted molar refractivity (Wildman–Crippen MR) is 158 cm³/mol. The van der Waals surface area contributed by atoms with E-state index in [2.05, 4.69) is 22.6 Å². The van der Waals surface area contributed by atoms with E-state index in [1.54, 1.807) is 58.8 Å².